The number of methoxy groups -OCH3 is 1. The molecule has 2 N–H and O–H groups in total. The van der Waals surface area contributed by atoms with Crippen molar-refractivity contribution in [1.29, 1.82) is 0 Å². The molecule has 0 heterocycles. The molecule has 1 rings (SSSR count). The van der Waals surface area contributed by atoms with Crippen molar-refractivity contribution in [2.24, 2.45) is 5.92 Å². The van der Waals surface area contributed by atoms with E-state index in [1.165, 1.54) is 13.2 Å². The van der Waals surface area contributed by atoms with E-state index in [-0.39, 0.29) is 24.1 Å². The van der Waals surface area contributed by atoms with E-state index in [1.54, 1.807) is 12.1 Å². The Balaban J connectivity index is 2.59. The Bertz CT molecular complexity index is 317. The summed E-state index contributed by atoms with van der Waals surface area (Å²) >= 11 is 0. The average Bonchev–Trinajstić information content (AvgIpc) is 2.26. The third-order valence-electron chi connectivity index (χ3n) is 2.12. The van der Waals surface area contributed by atoms with Crippen molar-refractivity contribution in [3.8, 4) is 5.75 Å². The first-order chi connectivity index (χ1) is 7.17. The Kier molecular flexibility index (Phi) is 4.37. The van der Waals surface area contributed by atoms with E-state index >= 15 is 0 Å². The Morgan fingerprint density at radius 1 is 1.53 bits per heavy atom. The minimum Gasteiger partial charge on any atom is -0.494 e. The lowest BCUT2D eigenvalue weighted by Gasteiger charge is -2.11. The second-order valence-electron chi connectivity index (χ2n) is 3.52. The summed E-state index contributed by atoms with van der Waals surface area (Å²) in [6, 6.07) is 4.69. The Labute approximate surface area is 88.9 Å². The SMILES string of the molecule is COc1ccc(NCC(C)CO)cc1F. The molecule has 0 spiro atoms. The fourth-order valence-electron chi connectivity index (χ4n) is 1.13. The molecule has 0 saturated carbocycles. The highest BCUT2D eigenvalue weighted by Gasteiger charge is 2.04. The van der Waals surface area contributed by atoms with E-state index in [0.29, 0.717) is 12.2 Å². The first-order valence-electron chi connectivity index (χ1n) is 4.85. The van der Waals surface area contributed by atoms with Crippen molar-refractivity contribution < 1.29 is 14.2 Å². The zero-order chi connectivity index (χ0) is 11.3. The van der Waals surface area contributed by atoms with Crippen LogP contribution < -0.4 is 10.1 Å². The van der Waals surface area contributed by atoms with Crippen LogP contribution in [0.4, 0.5) is 10.1 Å². The van der Waals surface area contributed by atoms with Crippen LogP contribution in [0.5, 0.6) is 5.75 Å². The minimum absolute atomic E-state index is 0.117. The second kappa shape index (κ2) is 5.56. The van der Waals surface area contributed by atoms with Crippen LogP contribution in [0, 0.1) is 11.7 Å². The molecule has 0 amide bonds. The molecule has 1 aromatic carbocycles. The van der Waals surface area contributed by atoms with Gasteiger partial charge in [0, 0.05) is 24.9 Å². The number of ether oxygens (including phenoxy) is 1. The molecule has 0 aromatic heterocycles. The maximum atomic E-state index is 13.2. The number of halogens is 1. The molecule has 15 heavy (non-hydrogen) atoms. The van der Waals surface area contributed by atoms with Crippen LogP contribution in [0.25, 0.3) is 0 Å². The first-order valence-corrected chi connectivity index (χ1v) is 4.85. The lowest BCUT2D eigenvalue weighted by atomic mass is 10.2. The molecule has 1 aromatic rings. The number of hydrogen-bond acceptors (Lipinski definition) is 3. The van der Waals surface area contributed by atoms with Gasteiger partial charge in [-0.2, -0.15) is 0 Å². The van der Waals surface area contributed by atoms with Crippen LogP contribution in [0.1, 0.15) is 6.92 Å². The molecule has 3 nitrogen and oxygen atoms in total. The number of nitrogens with one attached hydrogen (secondary N) is 1. The van der Waals surface area contributed by atoms with E-state index in [1.807, 2.05) is 6.92 Å². The van der Waals surface area contributed by atoms with Gasteiger partial charge in [0.25, 0.3) is 0 Å². The standard InChI is InChI=1S/C11H16FNO2/c1-8(7-14)6-13-9-3-4-11(15-2)10(12)5-9/h3-5,8,13-14H,6-7H2,1-2H3. The van der Waals surface area contributed by atoms with Crippen LogP contribution in [0.3, 0.4) is 0 Å². The number of aliphatic hydroxyl groups excluding tert-OH is 1. The van der Waals surface area contributed by atoms with Crippen molar-refractivity contribution >= 4 is 5.69 Å². The highest BCUT2D eigenvalue weighted by molar-refractivity contribution is 5.47. The van der Waals surface area contributed by atoms with Gasteiger partial charge in [-0.3, -0.25) is 0 Å². The van der Waals surface area contributed by atoms with Gasteiger partial charge in [0.05, 0.1) is 7.11 Å². The van der Waals surface area contributed by atoms with Gasteiger partial charge in [0.1, 0.15) is 0 Å². The zero-order valence-electron chi connectivity index (χ0n) is 8.96. The summed E-state index contributed by atoms with van der Waals surface area (Å²) < 4.78 is 18.0. The van der Waals surface area contributed by atoms with Gasteiger partial charge >= 0.3 is 0 Å². The van der Waals surface area contributed by atoms with Crippen LogP contribution in [-0.2, 0) is 0 Å². The fraction of sp³-hybridized carbons (Fsp3) is 0.455. The summed E-state index contributed by atoms with van der Waals surface area (Å²) in [6.45, 7) is 2.64. The fourth-order valence-corrected chi connectivity index (χ4v) is 1.13. The predicted molar refractivity (Wildman–Crippen MR) is 57.7 cm³/mol. The van der Waals surface area contributed by atoms with Crippen LogP contribution in [-0.4, -0.2) is 25.4 Å². The molecular formula is C11H16FNO2. The largest absolute Gasteiger partial charge is 0.494 e. The number of benzene rings is 1. The van der Waals surface area contributed by atoms with Gasteiger partial charge in [-0.15, -0.1) is 0 Å². The third kappa shape index (κ3) is 3.40. The molecule has 0 saturated heterocycles. The van der Waals surface area contributed by atoms with E-state index in [4.69, 9.17) is 9.84 Å². The summed E-state index contributed by atoms with van der Waals surface area (Å²) in [4.78, 5) is 0. The van der Waals surface area contributed by atoms with Crippen LogP contribution in [0.2, 0.25) is 0 Å². The predicted octanol–water partition coefficient (Wildman–Crippen LogP) is 1.87. The Morgan fingerprint density at radius 3 is 2.80 bits per heavy atom. The van der Waals surface area contributed by atoms with Crippen molar-refractivity contribution in [2.45, 2.75) is 6.92 Å². The summed E-state index contributed by atoms with van der Waals surface area (Å²) in [7, 11) is 1.43. The Hall–Kier alpha value is -1.29. The quantitative estimate of drug-likeness (QED) is 0.784. The van der Waals surface area contributed by atoms with Gasteiger partial charge in [-0.1, -0.05) is 6.92 Å². The van der Waals surface area contributed by atoms with Gasteiger partial charge in [0.15, 0.2) is 11.6 Å². The van der Waals surface area contributed by atoms with Crippen LogP contribution in [0.15, 0.2) is 18.2 Å². The van der Waals surface area contributed by atoms with E-state index in [0.717, 1.165) is 0 Å². The lowest BCUT2D eigenvalue weighted by Crippen LogP contribution is -2.14. The smallest absolute Gasteiger partial charge is 0.167 e. The number of anilines is 1. The second-order valence-corrected chi connectivity index (χ2v) is 3.52. The van der Waals surface area contributed by atoms with Crippen molar-refractivity contribution in [1.82, 2.24) is 0 Å². The molecule has 84 valence electrons. The minimum atomic E-state index is -0.390. The van der Waals surface area contributed by atoms with Gasteiger partial charge in [-0.25, -0.2) is 4.39 Å². The van der Waals surface area contributed by atoms with E-state index in [9.17, 15) is 4.39 Å². The van der Waals surface area contributed by atoms with Gasteiger partial charge in [-0.05, 0) is 18.1 Å². The highest BCUT2D eigenvalue weighted by atomic mass is 19.1. The summed E-state index contributed by atoms with van der Waals surface area (Å²) in [5.74, 6) is -0.00919. The maximum Gasteiger partial charge on any atom is 0.167 e. The van der Waals surface area contributed by atoms with Gasteiger partial charge in [0.2, 0.25) is 0 Å². The highest BCUT2D eigenvalue weighted by Crippen LogP contribution is 2.20. The number of rotatable bonds is 5. The van der Waals surface area contributed by atoms with Crippen molar-refractivity contribution in [3.05, 3.63) is 24.0 Å². The molecule has 0 fully saturated rings. The van der Waals surface area contributed by atoms with Crippen molar-refractivity contribution in [2.75, 3.05) is 25.6 Å². The zero-order valence-corrected chi connectivity index (χ0v) is 8.96. The molecule has 0 aliphatic carbocycles. The van der Waals surface area contributed by atoms with Crippen LogP contribution >= 0.6 is 0 Å². The van der Waals surface area contributed by atoms with E-state index in [2.05, 4.69) is 5.32 Å². The first kappa shape index (κ1) is 11.8. The summed E-state index contributed by atoms with van der Waals surface area (Å²) in [6.07, 6.45) is 0. The Morgan fingerprint density at radius 2 is 2.27 bits per heavy atom. The lowest BCUT2D eigenvalue weighted by molar-refractivity contribution is 0.244. The third-order valence-corrected chi connectivity index (χ3v) is 2.12. The molecule has 0 radical (unpaired) electrons. The topological polar surface area (TPSA) is 41.5 Å². The van der Waals surface area contributed by atoms with Crippen molar-refractivity contribution in [3.63, 3.8) is 0 Å². The van der Waals surface area contributed by atoms with Gasteiger partial charge < -0.3 is 15.2 Å². The molecule has 0 bridgehead atoms. The molecular weight excluding hydrogens is 197 g/mol. The molecule has 1 unspecified atom stereocenters. The average molecular weight is 213 g/mol. The summed E-state index contributed by atoms with van der Waals surface area (Å²) in [5, 5.41) is 11.8. The molecule has 0 aliphatic rings. The monoisotopic (exact) mass is 213 g/mol. The normalized spacial score (nSPS) is 12.3. The summed E-state index contributed by atoms with van der Waals surface area (Å²) in [5.41, 5.74) is 0.689. The maximum absolute atomic E-state index is 13.2. The molecule has 1 atom stereocenters. The number of hydrogen-bond donors (Lipinski definition) is 2. The molecule has 0 aliphatic heterocycles. The van der Waals surface area contributed by atoms with E-state index < -0.39 is 0 Å². The number of aliphatic hydroxyl groups is 1. The molecule has 4 heteroatoms.